The van der Waals surface area contributed by atoms with E-state index in [-0.39, 0.29) is 0 Å². The van der Waals surface area contributed by atoms with Gasteiger partial charge in [0.25, 0.3) is 0 Å². The Hall–Kier alpha value is -2.65. The second-order valence-corrected chi connectivity index (χ2v) is 8.81. The van der Waals surface area contributed by atoms with Gasteiger partial charge in [-0.3, -0.25) is 4.98 Å². The number of piperidine rings is 1. The minimum Gasteiger partial charge on any atom is -0.354 e. The third-order valence-corrected chi connectivity index (χ3v) is 6.91. The van der Waals surface area contributed by atoms with Crippen molar-refractivity contribution in [2.45, 2.75) is 45.4 Å². The molecule has 2 aromatic carbocycles. The molecule has 0 bridgehead atoms. The van der Waals surface area contributed by atoms with Crippen LogP contribution in [0.2, 0.25) is 0 Å². The van der Waals surface area contributed by atoms with Crippen molar-refractivity contribution in [3.8, 4) is 11.3 Å². The predicted molar refractivity (Wildman–Crippen MR) is 127 cm³/mol. The number of nitrogens with one attached hydrogen (secondary N) is 1. The first kappa shape index (κ1) is 19.3. The number of pyridine rings is 1. The fraction of sp³-hybridized carbons (Fsp3) is 0.370. The van der Waals surface area contributed by atoms with Crippen molar-refractivity contribution in [3.63, 3.8) is 0 Å². The summed E-state index contributed by atoms with van der Waals surface area (Å²) in [5.41, 5.74) is 6.43. The van der Waals surface area contributed by atoms with Gasteiger partial charge in [-0.1, -0.05) is 43.7 Å². The zero-order valence-corrected chi connectivity index (χ0v) is 18.1. The molecule has 5 rings (SSSR count). The molecule has 1 aliphatic heterocycles. The Morgan fingerprint density at radius 3 is 2.70 bits per heavy atom. The van der Waals surface area contributed by atoms with Gasteiger partial charge in [0, 0.05) is 34.2 Å². The van der Waals surface area contributed by atoms with E-state index in [4.69, 9.17) is 0 Å². The lowest BCUT2D eigenvalue weighted by molar-refractivity contribution is 0.210. The first-order valence-corrected chi connectivity index (χ1v) is 11.4. The number of hydrogen-bond acceptors (Lipinski definition) is 2. The first-order valence-electron chi connectivity index (χ1n) is 11.4. The Morgan fingerprint density at radius 1 is 1.03 bits per heavy atom. The highest BCUT2D eigenvalue weighted by molar-refractivity contribution is 6.00. The van der Waals surface area contributed by atoms with Gasteiger partial charge in [0.2, 0.25) is 0 Å². The van der Waals surface area contributed by atoms with Crippen molar-refractivity contribution >= 4 is 21.7 Å². The van der Waals surface area contributed by atoms with Crippen molar-refractivity contribution in [3.05, 3.63) is 66.0 Å². The third-order valence-electron chi connectivity index (χ3n) is 6.91. The van der Waals surface area contributed by atoms with Crippen LogP contribution < -0.4 is 0 Å². The molecule has 154 valence electrons. The molecule has 0 saturated carbocycles. The SMILES string of the molecule is CCCCN1CCC(c2ccc3[nH]c(-c4cncc5ccccc45)c(C)c3c2)CC1. The highest BCUT2D eigenvalue weighted by atomic mass is 15.1. The van der Waals surface area contributed by atoms with Gasteiger partial charge in [-0.2, -0.15) is 0 Å². The molecule has 1 fully saturated rings. The number of unbranched alkanes of at least 4 members (excludes halogenated alkanes) is 1. The van der Waals surface area contributed by atoms with Crippen molar-refractivity contribution in [1.29, 1.82) is 0 Å². The summed E-state index contributed by atoms with van der Waals surface area (Å²) in [6.07, 6.45) is 9.11. The van der Waals surface area contributed by atoms with E-state index in [0.29, 0.717) is 5.92 Å². The molecule has 1 saturated heterocycles. The molecule has 0 unspecified atom stereocenters. The van der Waals surface area contributed by atoms with Crippen LogP contribution in [-0.2, 0) is 0 Å². The highest BCUT2D eigenvalue weighted by Crippen LogP contribution is 2.36. The topological polar surface area (TPSA) is 31.9 Å². The summed E-state index contributed by atoms with van der Waals surface area (Å²) < 4.78 is 0. The van der Waals surface area contributed by atoms with E-state index >= 15 is 0 Å². The standard InChI is InChI=1S/C27H31N3/c1-3-4-13-30-14-11-20(12-15-30)21-9-10-26-24(16-21)19(2)27(29-26)25-18-28-17-22-7-5-6-8-23(22)25/h5-10,16-18,20,29H,3-4,11-15H2,1-2H3. The van der Waals surface area contributed by atoms with Crippen molar-refractivity contribution in [1.82, 2.24) is 14.9 Å². The van der Waals surface area contributed by atoms with Crippen LogP contribution in [0.3, 0.4) is 0 Å². The van der Waals surface area contributed by atoms with Crippen LogP contribution in [0.15, 0.2) is 54.9 Å². The van der Waals surface area contributed by atoms with E-state index in [2.05, 4.69) is 71.2 Å². The molecule has 0 aliphatic carbocycles. The Balaban J connectivity index is 1.46. The van der Waals surface area contributed by atoms with E-state index in [9.17, 15) is 0 Å². The molecule has 1 N–H and O–H groups in total. The van der Waals surface area contributed by atoms with Gasteiger partial charge in [-0.15, -0.1) is 0 Å². The molecule has 0 atom stereocenters. The van der Waals surface area contributed by atoms with Crippen LogP contribution in [0, 0.1) is 6.92 Å². The predicted octanol–water partition coefficient (Wildman–Crippen LogP) is 6.67. The monoisotopic (exact) mass is 397 g/mol. The molecule has 0 radical (unpaired) electrons. The average Bonchev–Trinajstić information content (AvgIpc) is 3.13. The number of H-pyrrole nitrogens is 1. The van der Waals surface area contributed by atoms with Gasteiger partial charge >= 0.3 is 0 Å². The van der Waals surface area contributed by atoms with Crippen LogP contribution in [0.5, 0.6) is 0 Å². The Bertz CT molecular complexity index is 1160. The maximum Gasteiger partial charge on any atom is 0.0516 e. The third kappa shape index (κ3) is 3.52. The molecule has 0 amide bonds. The minimum absolute atomic E-state index is 0.684. The van der Waals surface area contributed by atoms with Gasteiger partial charge in [-0.25, -0.2) is 0 Å². The van der Waals surface area contributed by atoms with Gasteiger partial charge in [0.15, 0.2) is 0 Å². The number of rotatable bonds is 5. The first-order chi connectivity index (χ1) is 14.7. The number of aromatic amines is 1. The lowest BCUT2D eigenvalue weighted by Crippen LogP contribution is -2.33. The Labute approximate surface area is 179 Å². The van der Waals surface area contributed by atoms with Crippen LogP contribution in [0.25, 0.3) is 32.9 Å². The van der Waals surface area contributed by atoms with E-state index < -0.39 is 0 Å². The molecule has 2 aromatic heterocycles. The lowest BCUT2D eigenvalue weighted by atomic mass is 9.88. The van der Waals surface area contributed by atoms with Crippen LogP contribution in [0.1, 0.15) is 49.7 Å². The molecular formula is C27H31N3. The lowest BCUT2D eigenvalue weighted by Gasteiger charge is -2.32. The van der Waals surface area contributed by atoms with Gasteiger partial charge in [0.05, 0.1) is 5.69 Å². The number of hydrogen-bond donors (Lipinski definition) is 1. The molecule has 3 heteroatoms. The smallest absolute Gasteiger partial charge is 0.0516 e. The second-order valence-electron chi connectivity index (χ2n) is 8.81. The zero-order chi connectivity index (χ0) is 20.5. The number of aromatic nitrogens is 2. The summed E-state index contributed by atoms with van der Waals surface area (Å²) in [6, 6.07) is 15.6. The fourth-order valence-corrected chi connectivity index (χ4v) is 5.05. The van der Waals surface area contributed by atoms with E-state index in [1.165, 1.54) is 89.4 Å². The number of nitrogens with zero attached hydrogens (tertiary/aromatic N) is 2. The average molecular weight is 398 g/mol. The summed E-state index contributed by atoms with van der Waals surface area (Å²) in [6.45, 7) is 8.27. The fourth-order valence-electron chi connectivity index (χ4n) is 5.05. The highest BCUT2D eigenvalue weighted by Gasteiger charge is 2.21. The molecule has 0 spiro atoms. The molecular weight excluding hydrogens is 366 g/mol. The Morgan fingerprint density at radius 2 is 1.87 bits per heavy atom. The van der Waals surface area contributed by atoms with Crippen molar-refractivity contribution in [2.75, 3.05) is 19.6 Å². The Kier molecular flexibility index (Phi) is 5.30. The van der Waals surface area contributed by atoms with Crippen LogP contribution in [-0.4, -0.2) is 34.5 Å². The van der Waals surface area contributed by atoms with E-state index in [1.54, 1.807) is 0 Å². The summed E-state index contributed by atoms with van der Waals surface area (Å²) in [5, 5.41) is 3.79. The molecule has 3 nitrogen and oxygen atoms in total. The summed E-state index contributed by atoms with van der Waals surface area (Å²) >= 11 is 0. The number of benzene rings is 2. The number of aryl methyl sites for hydroxylation is 1. The molecule has 1 aliphatic rings. The zero-order valence-electron chi connectivity index (χ0n) is 18.1. The van der Waals surface area contributed by atoms with Gasteiger partial charge < -0.3 is 9.88 Å². The summed E-state index contributed by atoms with van der Waals surface area (Å²) in [7, 11) is 0. The van der Waals surface area contributed by atoms with Crippen molar-refractivity contribution < 1.29 is 0 Å². The van der Waals surface area contributed by atoms with Crippen molar-refractivity contribution in [2.24, 2.45) is 0 Å². The van der Waals surface area contributed by atoms with Crippen LogP contribution in [0.4, 0.5) is 0 Å². The van der Waals surface area contributed by atoms with Gasteiger partial charge in [0.1, 0.15) is 0 Å². The maximum absolute atomic E-state index is 4.50. The minimum atomic E-state index is 0.684. The maximum atomic E-state index is 4.50. The molecule has 4 aromatic rings. The normalized spacial score (nSPS) is 15.9. The molecule has 3 heterocycles. The van der Waals surface area contributed by atoms with E-state index in [0.717, 1.165) is 0 Å². The summed E-state index contributed by atoms with van der Waals surface area (Å²) in [4.78, 5) is 10.8. The molecule has 30 heavy (non-hydrogen) atoms. The second kappa shape index (κ2) is 8.23. The number of fused-ring (bicyclic) bond motifs is 2. The number of likely N-dealkylation sites (tertiary alicyclic amines) is 1. The summed E-state index contributed by atoms with van der Waals surface area (Å²) in [5.74, 6) is 0.684. The van der Waals surface area contributed by atoms with Gasteiger partial charge in [-0.05, 0) is 80.4 Å². The van der Waals surface area contributed by atoms with Crippen LogP contribution >= 0.6 is 0 Å². The largest absolute Gasteiger partial charge is 0.354 e. The van der Waals surface area contributed by atoms with E-state index in [1.807, 2.05) is 12.4 Å². The quantitative estimate of drug-likeness (QED) is 0.408.